The van der Waals surface area contributed by atoms with Gasteiger partial charge in [-0.3, -0.25) is 19.3 Å². The molecule has 4 rings (SSSR count). The fourth-order valence-electron chi connectivity index (χ4n) is 3.13. The average molecular weight is 436 g/mol. The summed E-state index contributed by atoms with van der Waals surface area (Å²) in [5, 5.41) is 11.8. The molecule has 0 aliphatic carbocycles. The lowest BCUT2D eigenvalue weighted by Crippen LogP contribution is -2.32. The lowest BCUT2D eigenvalue weighted by Gasteiger charge is -2.12. The van der Waals surface area contributed by atoms with Gasteiger partial charge in [-0.05, 0) is 31.2 Å². The normalized spacial score (nSPS) is 12.7. The Labute approximate surface area is 182 Å². The molecule has 158 valence electrons. The van der Waals surface area contributed by atoms with Crippen LogP contribution in [0.5, 0.6) is 5.75 Å². The number of rotatable bonds is 8. The minimum absolute atomic E-state index is 0.00817. The van der Waals surface area contributed by atoms with Gasteiger partial charge in [0.05, 0.1) is 17.7 Å². The van der Waals surface area contributed by atoms with Gasteiger partial charge >= 0.3 is 0 Å². The number of hydrogen-bond donors (Lipinski definition) is 1. The monoisotopic (exact) mass is 436 g/mol. The van der Waals surface area contributed by atoms with Crippen molar-refractivity contribution >= 4 is 34.2 Å². The number of nitrogens with zero attached hydrogens (tertiary/aromatic N) is 3. The number of benzene rings is 2. The van der Waals surface area contributed by atoms with Crippen LogP contribution in [0.3, 0.4) is 0 Å². The minimum Gasteiger partial charge on any atom is -0.493 e. The Morgan fingerprint density at radius 2 is 1.71 bits per heavy atom. The van der Waals surface area contributed by atoms with Crippen LogP contribution < -0.4 is 10.1 Å². The Hall–Kier alpha value is -3.59. The van der Waals surface area contributed by atoms with Gasteiger partial charge in [-0.2, -0.15) is 0 Å². The van der Waals surface area contributed by atoms with E-state index in [1.807, 2.05) is 31.2 Å². The maximum Gasteiger partial charge on any atom is 0.261 e. The molecule has 1 aliphatic heterocycles. The molecule has 1 aromatic heterocycles. The topological polar surface area (TPSA) is 101 Å². The van der Waals surface area contributed by atoms with Gasteiger partial charge in [-0.1, -0.05) is 41.2 Å². The van der Waals surface area contributed by atoms with Crippen LogP contribution in [-0.4, -0.2) is 46.0 Å². The fourth-order valence-corrected chi connectivity index (χ4v) is 3.87. The first-order chi connectivity index (χ1) is 15.0. The third-order valence-corrected chi connectivity index (χ3v) is 5.66. The molecule has 0 saturated heterocycles. The van der Waals surface area contributed by atoms with Crippen LogP contribution in [0.15, 0.2) is 48.5 Å². The van der Waals surface area contributed by atoms with E-state index >= 15 is 0 Å². The third-order valence-electron chi connectivity index (χ3n) is 4.76. The van der Waals surface area contributed by atoms with Crippen molar-refractivity contribution in [2.24, 2.45) is 0 Å². The Morgan fingerprint density at radius 1 is 1.03 bits per heavy atom. The number of hydrogen-bond acceptors (Lipinski definition) is 7. The second-order valence-electron chi connectivity index (χ2n) is 7.02. The lowest BCUT2D eigenvalue weighted by atomic mass is 10.1. The third kappa shape index (κ3) is 4.77. The standard InChI is InChI=1S/C22H20N4O4S/c1-14-6-8-15(9-7-14)30-13-11-19-24-25-22(31-19)23-18(27)10-12-26-20(28)16-4-2-3-5-17(16)21(26)29/h2-9H,10-13H2,1H3,(H,23,25,27). The Morgan fingerprint density at radius 3 is 2.39 bits per heavy atom. The van der Waals surface area contributed by atoms with E-state index in [-0.39, 0.29) is 30.7 Å². The molecule has 0 unspecified atom stereocenters. The van der Waals surface area contributed by atoms with Crippen molar-refractivity contribution in [2.75, 3.05) is 18.5 Å². The Bertz CT molecular complexity index is 1090. The number of nitrogens with one attached hydrogen (secondary N) is 1. The van der Waals surface area contributed by atoms with Crippen molar-refractivity contribution in [3.63, 3.8) is 0 Å². The van der Waals surface area contributed by atoms with E-state index in [0.717, 1.165) is 15.7 Å². The summed E-state index contributed by atoms with van der Waals surface area (Å²) in [5.74, 6) is -0.299. The fraction of sp³-hybridized carbons (Fsp3) is 0.227. The molecule has 3 aromatic rings. The summed E-state index contributed by atoms with van der Waals surface area (Å²) in [5.41, 5.74) is 1.91. The number of anilines is 1. The molecule has 3 amide bonds. The van der Waals surface area contributed by atoms with E-state index in [2.05, 4.69) is 15.5 Å². The number of fused-ring (bicyclic) bond motifs is 1. The average Bonchev–Trinajstić information content (AvgIpc) is 3.31. The number of aryl methyl sites for hydroxylation is 1. The number of carbonyl (C=O) groups excluding carboxylic acids is 3. The summed E-state index contributed by atoms with van der Waals surface area (Å²) in [6, 6.07) is 14.4. The van der Waals surface area contributed by atoms with Gasteiger partial charge in [0, 0.05) is 19.4 Å². The molecule has 0 radical (unpaired) electrons. The summed E-state index contributed by atoms with van der Waals surface area (Å²) in [6.07, 6.45) is 0.549. The predicted octanol–water partition coefficient (Wildman–Crippen LogP) is 3.09. The number of carbonyl (C=O) groups is 3. The summed E-state index contributed by atoms with van der Waals surface area (Å²) in [4.78, 5) is 38.0. The second-order valence-corrected chi connectivity index (χ2v) is 8.08. The van der Waals surface area contributed by atoms with Gasteiger partial charge < -0.3 is 10.1 Å². The zero-order chi connectivity index (χ0) is 21.8. The predicted molar refractivity (Wildman–Crippen MR) is 115 cm³/mol. The molecule has 2 heterocycles. The van der Waals surface area contributed by atoms with Gasteiger partial charge in [0.15, 0.2) is 0 Å². The molecule has 0 spiro atoms. The highest BCUT2D eigenvalue weighted by molar-refractivity contribution is 7.15. The molecular weight excluding hydrogens is 416 g/mol. The van der Waals surface area contributed by atoms with Gasteiger partial charge in [0.25, 0.3) is 11.8 Å². The van der Waals surface area contributed by atoms with Crippen LogP contribution in [0, 0.1) is 6.92 Å². The zero-order valence-corrected chi connectivity index (χ0v) is 17.6. The molecule has 0 atom stereocenters. The van der Waals surface area contributed by atoms with Crippen LogP contribution in [0.2, 0.25) is 0 Å². The van der Waals surface area contributed by atoms with Crippen molar-refractivity contribution in [1.29, 1.82) is 0 Å². The van der Waals surface area contributed by atoms with Crippen molar-refractivity contribution in [2.45, 2.75) is 19.8 Å². The summed E-state index contributed by atoms with van der Waals surface area (Å²) < 4.78 is 5.68. The van der Waals surface area contributed by atoms with Crippen molar-refractivity contribution in [1.82, 2.24) is 15.1 Å². The van der Waals surface area contributed by atoms with Crippen molar-refractivity contribution in [3.05, 3.63) is 70.2 Å². The Kier molecular flexibility index (Phi) is 6.03. The van der Waals surface area contributed by atoms with Crippen molar-refractivity contribution < 1.29 is 19.1 Å². The SMILES string of the molecule is Cc1ccc(OCCc2nnc(NC(=O)CCN3C(=O)c4ccccc4C3=O)s2)cc1. The first-order valence-corrected chi connectivity index (χ1v) is 10.6. The molecular formula is C22H20N4O4S. The number of amides is 3. The van der Waals surface area contributed by atoms with E-state index in [4.69, 9.17) is 4.74 Å². The highest BCUT2D eigenvalue weighted by Crippen LogP contribution is 2.23. The van der Waals surface area contributed by atoms with E-state index in [1.54, 1.807) is 24.3 Å². The van der Waals surface area contributed by atoms with E-state index in [1.165, 1.54) is 16.9 Å². The molecule has 0 bridgehead atoms. The van der Waals surface area contributed by atoms with Crippen LogP contribution >= 0.6 is 11.3 Å². The molecule has 31 heavy (non-hydrogen) atoms. The van der Waals surface area contributed by atoms with Crippen LogP contribution in [0.4, 0.5) is 5.13 Å². The molecule has 1 aliphatic rings. The highest BCUT2D eigenvalue weighted by Gasteiger charge is 2.34. The quantitative estimate of drug-likeness (QED) is 0.545. The molecule has 0 saturated carbocycles. The smallest absolute Gasteiger partial charge is 0.261 e. The number of imide groups is 1. The summed E-state index contributed by atoms with van der Waals surface area (Å²) >= 11 is 1.27. The van der Waals surface area contributed by atoms with Crippen LogP contribution in [0.25, 0.3) is 0 Å². The second kappa shape index (κ2) is 9.05. The van der Waals surface area contributed by atoms with Crippen LogP contribution in [0.1, 0.15) is 37.7 Å². The maximum atomic E-state index is 12.3. The van der Waals surface area contributed by atoms with E-state index < -0.39 is 0 Å². The Balaban J connectivity index is 1.23. The molecule has 1 N–H and O–H groups in total. The number of aromatic nitrogens is 2. The largest absolute Gasteiger partial charge is 0.493 e. The molecule has 8 nitrogen and oxygen atoms in total. The van der Waals surface area contributed by atoms with E-state index in [9.17, 15) is 14.4 Å². The lowest BCUT2D eigenvalue weighted by molar-refractivity contribution is -0.116. The van der Waals surface area contributed by atoms with Gasteiger partial charge in [-0.25, -0.2) is 0 Å². The molecule has 9 heteroatoms. The first-order valence-electron chi connectivity index (χ1n) is 9.78. The van der Waals surface area contributed by atoms with E-state index in [0.29, 0.717) is 29.3 Å². The van der Waals surface area contributed by atoms with Gasteiger partial charge in [0.2, 0.25) is 11.0 Å². The zero-order valence-electron chi connectivity index (χ0n) is 16.8. The van der Waals surface area contributed by atoms with Crippen LogP contribution in [-0.2, 0) is 11.2 Å². The van der Waals surface area contributed by atoms with Gasteiger partial charge in [0.1, 0.15) is 10.8 Å². The number of ether oxygens (including phenoxy) is 1. The van der Waals surface area contributed by atoms with Gasteiger partial charge in [-0.15, -0.1) is 10.2 Å². The summed E-state index contributed by atoms with van der Waals surface area (Å²) in [7, 11) is 0. The first kappa shape index (κ1) is 20.7. The molecule has 2 aromatic carbocycles. The molecule has 0 fully saturated rings. The summed E-state index contributed by atoms with van der Waals surface area (Å²) in [6.45, 7) is 2.47. The maximum absolute atomic E-state index is 12.3. The minimum atomic E-state index is -0.375. The highest BCUT2D eigenvalue weighted by atomic mass is 32.1. The van der Waals surface area contributed by atoms with Crippen molar-refractivity contribution in [3.8, 4) is 5.75 Å².